The molecule has 0 fully saturated rings. The van der Waals surface area contributed by atoms with Crippen molar-refractivity contribution in [3.05, 3.63) is 102 Å². The van der Waals surface area contributed by atoms with Crippen LogP contribution in [0, 0.1) is 0 Å². The maximum atomic E-state index is 14.0. The second-order valence-electron chi connectivity index (χ2n) is 8.88. The van der Waals surface area contributed by atoms with Gasteiger partial charge < -0.3 is 24.0 Å². The summed E-state index contributed by atoms with van der Waals surface area (Å²) in [5.41, 5.74) is 2.32. The van der Waals surface area contributed by atoms with Crippen LogP contribution in [0.15, 0.2) is 94.7 Å². The Labute approximate surface area is 217 Å². The average Bonchev–Trinajstić information content (AvgIpc) is 3.63. The van der Waals surface area contributed by atoms with E-state index in [4.69, 9.17) is 13.9 Å². The first kappa shape index (κ1) is 23.4. The molecule has 0 bridgehead atoms. The monoisotopic (exact) mass is 508 g/mol. The lowest BCUT2D eigenvalue weighted by molar-refractivity contribution is -0.117. The first-order chi connectivity index (χ1) is 18.5. The number of carbonyl (C=O) groups is 2. The number of nitrogens with one attached hydrogen (secondary N) is 1. The van der Waals surface area contributed by atoms with Gasteiger partial charge in [-0.1, -0.05) is 36.4 Å². The van der Waals surface area contributed by atoms with Crippen LogP contribution in [0.5, 0.6) is 11.5 Å². The van der Waals surface area contributed by atoms with Gasteiger partial charge in [-0.05, 0) is 37.3 Å². The van der Waals surface area contributed by atoms with E-state index >= 15 is 0 Å². The van der Waals surface area contributed by atoms with Crippen LogP contribution in [0.1, 0.15) is 29.1 Å². The molecule has 3 aromatic carbocycles. The SMILES string of the molecule is CCOc1cccc(N2C(=O)C(O)=C(C(=O)c3cc4cccc(OC)c4o3)C2c2c[nH]c3ccccc23)c1. The number of aromatic nitrogens is 1. The van der Waals surface area contributed by atoms with Gasteiger partial charge in [-0.25, -0.2) is 0 Å². The molecule has 1 aliphatic heterocycles. The molecule has 0 aliphatic carbocycles. The van der Waals surface area contributed by atoms with Gasteiger partial charge in [-0.2, -0.15) is 0 Å². The van der Waals surface area contributed by atoms with Gasteiger partial charge in [-0.15, -0.1) is 0 Å². The second kappa shape index (κ2) is 9.15. The van der Waals surface area contributed by atoms with Crippen LogP contribution in [0.3, 0.4) is 0 Å². The largest absolute Gasteiger partial charge is 0.503 e. The highest BCUT2D eigenvalue weighted by atomic mass is 16.5. The number of para-hydroxylation sites is 2. The molecular weight excluding hydrogens is 484 g/mol. The van der Waals surface area contributed by atoms with E-state index in [0.29, 0.717) is 40.3 Å². The molecule has 3 heterocycles. The number of aliphatic hydroxyl groups excluding tert-OH is 1. The maximum Gasteiger partial charge on any atom is 0.294 e. The van der Waals surface area contributed by atoms with Crippen molar-refractivity contribution in [1.82, 2.24) is 4.98 Å². The molecule has 0 saturated heterocycles. The number of aromatic amines is 1. The summed E-state index contributed by atoms with van der Waals surface area (Å²) in [7, 11) is 1.52. The smallest absolute Gasteiger partial charge is 0.294 e. The Hall–Kier alpha value is -4.98. The third kappa shape index (κ3) is 3.61. The number of hydrogen-bond donors (Lipinski definition) is 2. The summed E-state index contributed by atoms with van der Waals surface area (Å²) in [5.74, 6) is -0.865. The number of ketones is 1. The zero-order chi connectivity index (χ0) is 26.4. The molecule has 38 heavy (non-hydrogen) atoms. The van der Waals surface area contributed by atoms with Crippen molar-refractivity contribution in [2.45, 2.75) is 13.0 Å². The molecule has 1 aliphatic rings. The van der Waals surface area contributed by atoms with Crippen LogP contribution >= 0.6 is 0 Å². The number of rotatable bonds is 7. The predicted octanol–water partition coefficient (Wildman–Crippen LogP) is 6.10. The van der Waals surface area contributed by atoms with Crippen molar-refractivity contribution < 1.29 is 28.6 Å². The Kier molecular flexibility index (Phi) is 5.64. The fourth-order valence-electron chi connectivity index (χ4n) is 5.05. The molecule has 8 heteroatoms. The van der Waals surface area contributed by atoms with E-state index in [1.54, 1.807) is 54.7 Å². The number of aliphatic hydroxyl groups is 1. The van der Waals surface area contributed by atoms with Crippen LogP contribution in [0.25, 0.3) is 21.9 Å². The summed E-state index contributed by atoms with van der Waals surface area (Å²) in [6.45, 7) is 2.32. The molecule has 0 radical (unpaired) electrons. The van der Waals surface area contributed by atoms with E-state index < -0.39 is 23.5 Å². The fraction of sp³-hybridized carbons (Fsp3) is 0.133. The van der Waals surface area contributed by atoms with E-state index in [1.807, 2.05) is 31.2 Å². The summed E-state index contributed by atoms with van der Waals surface area (Å²) in [6.07, 6.45) is 1.76. The minimum absolute atomic E-state index is 0.00592. The Morgan fingerprint density at radius 2 is 1.89 bits per heavy atom. The molecule has 1 amide bonds. The third-order valence-corrected chi connectivity index (χ3v) is 6.73. The summed E-state index contributed by atoms with van der Waals surface area (Å²) < 4.78 is 16.9. The number of methoxy groups -OCH3 is 1. The minimum atomic E-state index is -0.918. The molecule has 2 aromatic heterocycles. The van der Waals surface area contributed by atoms with Gasteiger partial charge in [0, 0.05) is 39.8 Å². The van der Waals surface area contributed by atoms with Crippen molar-refractivity contribution >= 4 is 39.2 Å². The first-order valence-corrected chi connectivity index (χ1v) is 12.2. The molecule has 6 rings (SSSR count). The molecule has 1 atom stereocenters. The van der Waals surface area contributed by atoms with Gasteiger partial charge in [0.25, 0.3) is 5.91 Å². The number of nitrogens with zero attached hydrogens (tertiary/aromatic N) is 1. The number of fused-ring (bicyclic) bond motifs is 2. The van der Waals surface area contributed by atoms with Gasteiger partial charge in [0.1, 0.15) is 5.75 Å². The van der Waals surface area contributed by atoms with Gasteiger partial charge >= 0.3 is 0 Å². The van der Waals surface area contributed by atoms with Crippen LogP contribution in [0.4, 0.5) is 5.69 Å². The number of ether oxygens (including phenoxy) is 2. The molecule has 190 valence electrons. The molecule has 5 aromatic rings. The summed E-state index contributed by atoms with van der Waals surface area (Å²) in [5, 5.41) is 12.7. The maximum absolute atomic E-state index is 14.0. The van der Waals surface area contributed by atoms with E-state index in [2.05, 4.69) is 4.98 Å². The normalized spacial score (nSPS) is 15.6. The van der Waals surface area contributed by atoms with Crippen LogP contribution in [0.2, 0.25) is 0 Å². The molecular formula is C30H24N2O6. The van der Waals surface area contributed by atoms with Crippen molar-refractivity contribution in [3.63, 3.8) is 0 Å². The van der Waals surface area contributed by atoms with E-state index in [9.17, 15) is 14.7 Å². The number of amides is 1. The molecule has 0 saturated carbocycles. The van der Waals surface area contributed by atoms with Crippen molar-refractivity contribution in [2.24, 2.45) is 0 Å². The van der Waals surface area contributed by atoms with Crippen LogP contribution in [-0.2, 0) is 4.79 Å². The zero-order valence-electron chi connectivity index (χ0n) is 20.7. The standard InChI is InChI=1S/C30H24N2O6/c1-3-37-19-10-7-9-18(15-19)32-26(21-16-31-22-12-5-4-11-20(21)22)25(28(34)30(32)35)27(33)24-14-17-8-6-13-23(36-2)29(17)38-24/h4-16,26,31,34H,3H2,1-2H3. The molecule has 8 nitrogen and oxygen atoms in total. The topological polar surface area (TPSA) is 105 Å². The van der Waals surface area contributed by atoms with Crippen molar-refractivity contribution in [2.75, 3.05) is 18.6 Å². The van der Waals surface area contributed by atoms with E-state index in [1.165, 1.54) is 12.0 Å². The lowest BCUT2D eigenvalue weighted by atomic mass is 9.94. The van der Waals surface area contributed by atoms with E-state index in [-0.39, 0.29) is 11.3 Å². The summed E-state index contributed by atoms with van der Waals surface area (Å²) >= 11 is 0. The zero-order valence-corrected chi connectivity index (χ0v) is 20.7. The van der Waals surface area contributed by atoms with Crippen LogP contribution in [-0.4, -0.2) is 35.5 Å². The first-order valence-electron chi connectivity index (χ1n) is 12.2. The lowest BCUT2D eigenvalue weighted by Gasteiger charge is -2.26. The number of furan rings is 1. The number of carbonyl (C=O) groups excluding carboxylic acids is 2. The molecule has 0 spiro atoms. The Balaban J connectivity index is 1.53. The number of benzene rings is 3. The second-order valence-corrected chi connectivity index (χ2v) is 8.88. The van der Waals surface area contributed by atoms with Crippen LogP contribution < -0.4 is 14.4 Å². The highest BCUT2D eigenvalue weighted by Crippen LogP contribution is 2.45. The minimum Gasteiger partial charge on any atom is -0.503 e. The predicted molar refractivity (Wildman–Crippen MR) is 143 cm³/mol. The molecule has 2 N–H and O–H groups in total. The fourth-order valence-corrected chi connectivity index (χ4v) is 5.05. The quantitative estimate of drug-likeness (QED) is 0.257. The number of hydrogen-bond acceptors (Lipinski definition) is 6. The van der Waals surface area contributed by atoms with Crippen molar-refractivity contribution in [3.8, 4) is 11.5 Å². The Bertz CT molecular complexity index is 1740. The highest BCUT2D eigenvalue weighted by Gasteiger charge is 2.46. The number of H-pyrrole nitrogens is 1. The van der Waals surface area contributed by atoms with Gasteiger partial charge in [0.05, 0.1) is 25.3 Å². The number of Topliss-reactive ketones (excluding diaryl/α,β-unsaturated/α-hetero) is 1. The number of anilines is 1. The van der Waals surface area contributed by atoms with Gasteiger partial charge in [0.2, 0.25) is 5.78 Å². The lowest BCUT2D eigenvalue weighted by Crippen LogP contribution is -2.31. The third-order valence-electron chi connectivity index (χ3n) is 6.73. The highest BCUT2D eigenvalue weighted by molar-refractivity contribution is 6.21. The van der Waals surface area contributed by atoms with Gasteiger partial charge in [-0.3, -0.25) is 14.5 Å². The Morgan fingerprint density at radius 1 is 1.08 bits per heavy atom. The van der Waals surface area contributed by atoms with Gasteiger partial charge in [0.15, 0.2) is 22.9 Å². The summed E-state index contributed by atoms with van der Waals surface area (Å²) in [4.78, 5) is 32.2. The molecule has 1 unspecified atom stereocenters. The average molecular weight is 509 g/mol. The van der Waals surface area contributed by atoms with E-state index in [0.717, 1.165) is 10.9 Å². The Morgan fingerprint density at radius 3 is 2.71 bits per heavy atom. The van der Waals surface area contributed by atoms with Crippen molar-refractivity contribution in [1.29, 1.82) is 0 Å². The summed E-state index contributed by atoms with van der Waals surface area (Å²) in [6, 6.07) is 20.6.